The zero-order chi connectivity index (χ0) is 18.0. The van der Waals surface area contributed by atoms with Crippen LogP contribution in [0, 0.1) is 6.92 Å². The van der Waals surface area contributed by atoms with E-state index in [-0.39, 0.29) is 22.4 Å². The molecule has 25 heavy (non-hydrogen) atoms. The molecule has 1 saturated heterocycles. The molecule has 0 unspecified atom stereocenters. The first-order valence-electron chi connectivity index (χ1n) is 7.75. The zero-order valence-electron chi connectivity index (χ0n) is 13.5. The van der Waals surface area contributed by atoms with Gasteiger partial charge in [-0.05, 0) is 37.5 Å². The van der Waals surface area contributed by atoms with Crippen LogP contribution in [0.25, 0.3) is 0 Å². The molecule has 0 bridgehead atoms. The highest BCUT2D eigenvalue weighted by atomic mass is 35.5. The first-order valence-corrected chi connectivity index (χ1v) is 10.4. The molecule has 1 aromatic heterocycles. The van der Waals surface area contributed by atoms with Crippen molar-refractivity contribution >= 4 is 44.0 Å². The lowest BCUT2D eigenvalue weighted by atomic mass is 10.2. The molecule has 0 radical (unpaired) electrons. The Bertz CT molecular complexity index is 892. The molecule has 2 aromatic rings. The van der Waals surface area contributed by atoms with E-state index in [1.165, 1.54) is 6.07 Å². The fraction of sp³-hybridized carbons (Fsp3) is 0.400. The van der Waals surface area contributed by atoms with Crippen molar-refractivity contribution in [3.05, 3.63) is 33.8 Å². The van der Waals surface area contributed by atoms with Crippen molar-refractivity contribution in [3.63, 3.8) is 0 Å². The second kappa shape index (κ2) is 7.27. The Morgan fingerprint density at radius 3 is 2.76 bits per heavy atom. The number of halogens is 1. The molecule has 0 atom stereocenters. The number of aromatic nitrogens is 2. The summed E-state index contributed by atoms with van der Waals surface area (Å²) in [5.41, 5.74) is 0.464. The van der Waals surface area contributed by atoms with Crippen molar-refractivity contribution in [1.82, 2.24) is 15.1 Å². The van der Waals surface area contributed by atoms with E-state index in [1.807, 2.05) is 0 Å². The van der Waals surface area contributed by atoms with E-state index in [9.17, 15) is 13.2 Å². The molecule has 0 saturated carbocycles. The number of rotatable bonds is 5. The van der Waals surface area contributed by atoms with Crippen molar-refractivity contribution in [2.45, 2.75) is 31.1 Å². The molecule has 1 aromatic carbocycles. The van der Waals surface area contributed by atoms with E-state index in [0.29, 0.717) is 15.6 Å². The van der Waals surface area contributed by atoms with E-state index in [4.69, 9.17) is 11.6 Å². The maximum Gasteiger partial charge on any atom is 0.264 e. The molecule has 2 heterocycles. The van der Waals surface area contributed by atoms with E-state index in [0.717, 1.165) is 37.3 Å². The number of likely N-dealkylation sites (tertiary alicyclic amines) is 1. The van der Waals surface area contributed by atoms with Crippen LogP contribution in [0.4, 0.5) is 5.13 Å². The highest BCUT2D eigenvalue weighted by Crippen LogP contribution is 2.26. The number of nitrogens with zero attached hydrogens (tertiary/aromatic N) is 3. The summed E-state index contributed by atoms with van der Waals surface area (Å²) in [6.07, 6.45) is 2.17. The Morgan fingerprint density at radius 2 is 2.04 bits per heavy atom. The lowest BCUT2D eigenvalue weighted by Gasteiger charge is -2.13. The molecule has 10 heteroatoms. The Kier molecular flexibility index (Phi) is 5.26. The molecule has 3 rings (SSSR count). The molecule has 7 nitrogen and oxygen atoms in total. The van der Waals surface area contributed by atoms with Crippen LogP contribution in [0.1, 0.15) is 23.4 Å². The number of amides is 1. The molecular formula is C15H17ClN4O3S2. The fourth-order valence-electron chi connectivity index (χ4n) is 2.62. The van der Waals surface area contributed by atoms with Gasteiger partial charge in [-0.25, -0.2) is 8.42 Å². The Labute approximate surface area is 155 Å². The van der Waals surface area contributed by atoms with Crippen molar-refractivity contribution < 1.29 is 13.2 Å². The first-order chi connectivity index (χ1) is 11.9. The van der Waals surface area contributed by atoms with Crippen molar-refractivity contribution in [2.24, 2.45) is 0 Å². The molecule has 1 aliphatic rings. The average Bonchev–Trinajstić information content (AvgIpc) is 3.21. The molecule has 0 aliphatic carbocycles. The SMILES string of the molecule is Cc1c(Cl)cccc1S(=O)(=O)Nc1nnc(CC(=O)N2CCCC2)s1. The minimum Gasteiger partial charge on any atom is -0.342 e. The van der Waals surface area contributed by atoms with Crippen LogP contribution in [-0.2, 0) is 21.2 Å². The monoisotopic (exact) mass is 400 g/mol. The number of benzene rings is 1. The van der Waals surface area contributed by atoms with Gasteiger partial charge in [-0.2, -0.15) is 0 Å². The molecule has 1 N–H and O–H groups in total. The Morgan fingerprint density at radius 1 is 1.32 bits per heavy atom. The van der Waals surface area contributed by atoms with Gasteiger partial charge in [-0.3, -0.25) is 9.52 Å². The standard InChI is InChI=1S/C15H17ClN4O3S2/c1-10-11(16)5-4-6-12(10)25(22,23)19-15-18-17-13(24-15)9-14(21)20-7-2-3-8-20/h4-6H,2-3,7-9H2,1H3,(H,18,19). The number of anilines is 1. The topological polar surface area (TPSA) is 92.3 Å². The second-order valence-electron chi connectivity index (χ2n) is 5.73. The van der Waals surface area contributed by atoms with Crippen LogP contribution in [0.3, 0.4) is 0 Å². The van der Waals surface area contributed by atoms with E-state index in [2.05, 4.69) is 14.9 Å². The van der Waals surface area contributed by atoms with E-state index in [1.54, 1.807) is 24.0 Å². The third-order valence-corrected chi connectivity index (χ3v) is 6.82. The molecule has 134 valence electrons. The number of hydrogen-bond acceptors (Lipinski definition) is 6. The molecule has 1 fully saturated rings. The minimum atomic E-state index is -3.82. The highest BCUT2D eigenvalue weighted by molar-refractivity contribution is 7.93. The normalized spacial score (nSPS) is 14.7. The highest BCUT2D eigenvalue weighted by Gasteiger charge is 2.22. The molecule has 0 spiro atoms. The van der Waals surface area contributed by atoms with Gasteiger partial charge in [0.05, 0.1) is 11.3 Å². The summed E-state index contributed by atoms with van der Waals surface area (Å²) in [4.78, 5) is 14.0. The van der Waals surface area contributed by atoms with Gasteiger partial charge in [0, 0.05) is 18.1 Å². The van der Waals surface area contributed by atoms with E-state index >= 15 is 0 Å². The van der Waals surface area contributed by atoms with Crippen LogP contribution < -0.4 is 4.72 Å². The van der Waals surface area contributed by atoms with Crippen molar-refractivity contribution in [2.75, 3.05) is 17.8 Å². The summed E-state index contributed by atoms with van der Waals surface area (Å²) in [6, 6.07) is 4.68. The summed E-state index contributed by atoms with van der Waals surface area (Å²) in [7, 11) is -3.82. The lowest BCUT2D eigenvalue weighted by molar-refractivity contribution is -0.129. The summed E-state index contributed by atoms with van der Waals surface area (Å²) in [5, 5.41) is 8.73. The van der Waals surface area contributed by atoms with Gasteiger partial charge >= 0.3 is 0 Å². The van der Waals surface area contributed by atoms with Gasteiger partial charge in [-0.15, -0.1) is 10.2 Å². The minimum absolute atomic E-state index is 0.00579. The van der Waals surface area contributed by atoms with Crippen molar-refractivity contribution in [1.29, 1.82) is 0 Å². The Balaban J connectivity index is 1.72. The predicted molar refractivity (Wildman–Crippen MR) is 96.4 cm³/mol. The maximum absolute atomic E-state index is 12.5. The first kappa shape index (κ1) is 18.1. The van der Waals surface area contributed by atoms with Gasteiger partial charge < -0.3 is 4.90 Å². The zero-order valence-corrected chi connectivity index (χ0v) is 15.9. The summed E-state index contributed by atoms with van der Waals surface area (Å²) in [5.74, 6) is -0.00579. The summed E-state index contributed by atoms with van der Waals surface area (Å²) < 4.78 is 27.4. The largest absolute Gasteiger partial charge is 0.342 e. The number of carbonyl (C=O) groups excluding carboxylic acids is 1. The van der Waals surface area contributed by atoms with Crippen LogP contribution in [0.5, 0.6) is 0 Å². The van der Waals surface area contributed by atoms with Gasteiger partial charge in [0.15, 0.2) is 0 Å². The van der Waals surface area contributed by atoms with Crippen LogP contribution >= 0.6 is 22.9 Å². The molecule has 1 amide bonds. The number of carbonyl (C=O) groups is 1. The Hall–Kier alpha value is -1.71. The van der Waals surface area contributed by atoms with Crippen LogP contribution in [0.2, 0.25) is 5.02 Å². The number of nitrogens with one attached hydrogen (secondary N) is 1. The maximum atomic E-state index is 12.5. The van der Waals surface area contributed by atoms with Crippen molar-refractivity contribution in [3.8, 4) is 0 Å². The summed E-state index contributed by atoms with van der Waals surface area (Å²) >= 11 is 7.05. The van der Waals surface area contributed by atoms with Crippen LogP contribution in [-0.4, -0.2) is 42.5 Å². The quantitative estimate of drug-likeness (QED) is 0.832. The molecule has 1 aliphatic heterocycles. The third kappa shape index (κ3) is 4.10. The van der Waals surface area contributed by atoms with Crippen LogP contribution in [0.15, 0.2) is 23.1 Å². The lowest BCUT2D eigenvalue weighted by Crippen LogP contribution is -2.28. The van der Waals surface area contributed by atoms with Gasteiger partial charge in [0.1, 0.15) is 5.01 Å². The van der Waals surface area contributed by atoms with Gasteiger partial charge in [-0.1, -0.05) is 29.0 Å². The van der Waals surface area contributed by atoms with Gasteiger partial charge in [0.2, 0.25) is 11.0 Å². The summed E-state index contributed by atoms with van der Waals surface area (Å²) in [6.45, 7) is 3.17. The third-order valence-electron chi connectivity index (χ3n) is 3.96. The fourth-order valence-corrected chi connectivity index (χ4v) is 5.08. The predicted octanol–water partition coefficient (Wildman–Crippen LogP) is 2.47. The van der Waals surface area contributed by atoms with Gasteiger partial charge in [0.25, 0.3) is 10.0 Å². The smallest absolute Gasteiger partial charge is 0.264 e. The number of hydrogen-bond donors (Lipinski definition) is 1. The number of sulfonamides is 1. The second-order valence-corrected chi connectivity index (χ2v) is 8.85. The molecular weight excluding hydrogens is 384 g/mol. The van der Waals surface area contributed by atoms with E-state index < -0.39 is 10.0 Å². The average molecular weight is 401 g/mol.